The summed E-state index contributed by atoms with van der Waals surface area (Å²) in [5, 5.41) is 30.9. The van der Waals surface area contributed by atoms with E-state index in [1.54, 1.807) is 0 Å². The molecule has 37 heavy (non-hydrogen) atoms. The number of aliphatic hydroxyl groups excluding tert-OH is 1. The molecule has 0 aliphatic heterocycles. The smallest absolute Gasteiger partial charge is 0.127 e. The summed E-state index contributed by atoms with van der Waals surface area (Å²) >= 11 is 0. The van der Waals surface area contributed by atoms with Crippen molar-refractivity contribution in [1.29, 1.82) is 0 Å². The van der Waals surface area contributed by atoms with Gasteiger partial charge in [-0.15, -0.1) is 0 Å². The van der Waals surface area contributed by atoms with Crippen LogP contribution in [0, 0.1) is 28.6 Å². The van der Waals surface area contributed by atoms with Gasteiger partial charge in [0.25, 0.3) is 0 Å². The molecule has 4 fully saturated rings. The highest BCUT2D eigenvalue weighted by Crippen LogP contribution is 2.73. The summed E-state index contributed by atoms with van der Waals surface area (Å²) in [7, 11) is 0. The third-order valence-corrected chi connectivity index (χ3v) is 10.7. The molecule has 0 heterocycles. The summed E-state index contributed by atoms with van der Waals surface area (Å²) in [6, 6.07) is 0. The van der Waals surface area contributed by atoms with Crippen LogP contribution >= 0.6 is 0 Å². The molecule has 0 radical (unpaired) electrons. The van der Waals surface area contributed by atoms with Crippen molar-refractivity contribution in [2.75, 3.05) is 0 Å². The molecule has 3 nitrogen and oxygen atoms in total. The minimum absolute atomic E-state index is 0.166. The standard InChI is InChI=1S/C33H53FO3/c1-22-24(19-26(35)20-28(22)34)11-10-23-9-7-16-32(6)27(23)12-13-29(32)33(17-8-15-30(2,3)36)21-25(33)14-18-31(4,5)37/h10-11,25-29,35-37H,1,7-9,12-21H2,2-6H3/b23-10+,24-11-/t25-,26-,27?,28-,29+,32+,33-/m1/s1. The Labute approximate surface area is 225 Å². The molecular formula is C33H53FO3. The zero-order chi connectivity index (χ0) is 27.2. The van der Waals surface area contributed by atoms with Crippen LogP contribution in [0.25, 0.3) is 0 Å². The zero-order valence-corrected chi connectivity index (χ0v) is 24.2. The Balaban J connectivity index is 1.54. The lowest BCUT2D eigenvalue weighted by Gasteiger charge is -2.46. The van der Waals surface area contributed by atoms with E-state index in [4.69, 9.17) is 0 Å². The Morgan fingerprint density at radius 1 is 1.08 bits per heavy atom. The van der Waals surface area contributed by atoms with Crippen molar-refractivity contribution >= 4 is 0 Å². The summed E-state index contributed by atoms with van der Waals surface area (Å²) in [6.45, 7) is 14.2. The molecule has 0 amide bonds. The maximum Gasteiger partial charge on any atom is 0.127 e. The summed E-state index contributed by atoms with van der Waals surface area (Å²) < 4.78 is 14.3. The van der Waals surface area contributed by atoms with Gasteiger partial charge in [-0.3, -0.25) is 0 Å². The van der Waals surface area contributed by atoms with Crippen LogP contribution in [-0.2, 0) is 0 Å². The SMILES string of the molecule is C=C1/C(=C\C=C2/CCC[C@@]3(C)C2CC[C@@H]3[C@]2(CCCC(C)(C)O)C[C@H]2CCC(C)(C)O)C[C@@H](O)C[C@H]1F. The predicted octanol–water partition coefficient (Wildman–Crippen LogP) is 7.60. The van der Waals surface area contributed by atoms with E-state index in [0.717, 1.165) is 37.7 Å². The molecule has 0 saturated heterocycles. The molecule has 4 saturated carbocycles. The van der Waals surface area contributed by atoms with Crippen molar-refractivity contribution in [2.24, 2.45) is 28.6 Å². The molecule has 210 valence electrons. The van der Waals surface area contributed by atoms with Crippen LogP contribution < -0.4 is 0 Å². The molecule has 4 heteroatoms. The topological polar surface area (TPSA) is 60.7 Å². The van der Waals surface area contributed by atoms with E-state index in [-0.39, 0.29) is 11.8 Å². The lowest BCUT2D eigenvalue weighted by Crippen LogP contribution is -2.38. The average molecular weight is 517 g/mol. The van der Waals surface area contributed by atoms with E-state index in [1.807, 2.05) is 27.7 Å². The number of hydrogen-bond acceptors (Lipinski definition) is 3. The maximum absolute atomic E-state index is 14.3. The first-order chi connectivity index (χ1) is 17.1. The maximum atomic E-state index is 14.3. The Morgan fingerprint density at radius 2 is 1.78 bits per heavy atom. The highest BCUT2D eigenvalue weighted by molar-refractivity contribution is 5.39. The fourth-order valence-electron chi connectivity index (χ4n) is 8.69. The van der Waals surface area contributed by atoms with Crippen molar-refractivity contribution in [3.8, 4) is 0 Å². The third kappa shape index (κ3) is 6.44. The van der Waals surface area contributed by atoms with Gasteiger partial charge >= 0.3 is 0 Å². The second-order valence-corrected chi connectivity index (χ2v) is 14.7. The molecule has 4 rings (SSSR count). The Kier molecular flexibility index (Phi) is 8.27. The van der Waals surface area contributed by atoms with Crippen LogP contribution in [0.3, 0.4) is 0 Å². The summed E-state index contributed by atoms with van der Waals surface area (Å²) in [6.07, 6.45) is 15.6. The molecule has 0 bridgehead atoms. The largest absolute Gasteiger partial charge is 0.393 e. The minimum Gasteiger partial charge on any atom is -0.393 e. The number of allylic oxidation sites excluding steroid dienone is 4. The summed E-state index contributed by atoms with van der Waals surface area (Å²) in [5.74, 6) is 1.91. The van der Waals surface area contributed by atoms with Crippen molar-refractivity contribution < 1.29 is 19.7 Å². The predicted molar refractivity (Wildman–Crippen MR) is 150 cm³/mol. The van der Waals surface area contributed by atoms with E-state index >= 15 is 0 Å². The van der Waals surface area contributed by atoms with E-state index in [2.05, 4.69) is 25.7 Å². The second kappa shape index (κ2) is 10.5. The van der Waals surface area contributed by atoms with Gasteiger partial charge in [-0.1, -0.05) is 37.6 Å². The fourth-order valence-corrected chi connectivity index (χ4v) is 8.69. The minimum atomic E-state index is -1.14. The second-order valence-electron chi connectivity index (χ2n) is 14.7. The first-order valence-corrected chi connectivity index (χ1v) is 15.0. The van der Waals surface area contributed by atoms with Crippen molar-refractivity contribution in [1.82, 2.24) is 0 Å². The highest BCUT2D eigenvalue weighted by atomic mass is 19.1. The Morgan fingerprint density at radius 3 is 2.46 bits per heavy atom. The van der Waals surface area contributed by atoms with Crippen LogP contribution in [0.4, 0.5) is 4.39 Å². The van der Waals surface area contributed by atoms with Gasteiger partial charge in [0.2, 0.25) is 0 Å². The van der Waals surface area contributed by atoms with Gasteiger partial charge in [0.15, 0.2) is 0 Å². The molecule has 1 unspecified atom stereocenters. The number of hydrogen-bond donors (Lipinski definition) is 3. The van der Waals surface area contributed by atoms with Gasteiger partial charge < -0.3 is 15.3 Å². The summed E-state index contributed by atoms with van der Waals surface area (Å²) in [4.78, 5) is 0. The molecule has 3 N–H and O–H groups in total. The molecular weight excluding hydrogens is 463 g/mol. The number of halogens is 1. The zero-order valence-electron chi connectivity index (χ0n) is 24.2. The van der Waals surface area contributed by atoms with Crippen LogP contribution in [0.1, 0.15) is 118 Å². The molecule has 4 aliphatic carbocycles. The van der Waals surface area contributed by atoms with Crippen LogP contribution in [0.2, 0.25) is 0 Å². The molecule has 0 aromatic rings. The molecule has 0 aromatic heterocycles. The monoisotopic (exact) mass is 516 g/mol. The van der Waals surface area contributed by atoms with Crippen molar-refractivity contribution in [2.45, 2.75) is 142 Å². The number of alkyl halides is 1. The molecule has 7 atom stereocenters. The van der Waals surface area contributed by atoms with Crippen molar-refractivity contribution in [3.05, 3.63) is 35.5 Å². The quantitative estimate of drug-likeness (QED) is 0.296. The van der Waals surface area contributed by atoms with E-state index in [9.17, 15) is 19.7 Å². The Bertz CT molecular complexity index is 906. The average Bonchev–Trinajstić information content (AvgIpc) is 3.34. The van der Waals surface area contributed by atoms with Gasteiger partial charge in [-0.2, -0.15) is 0 Å². The fraction of sp³-hybridized carbons (Fsp3) is 0.818. The number of rotatable bonds is 9. The van der Waals surface area contributed by atoms with E-state index in [0.29, 0.717) is 35.2 Å². The van der Waals surface area contributed by atoms with E-state index in [1.165, 1.54) is 44.1 Å². The van der Waals surface area contributed by atoms with Gasteiger partial charge in [0, 0.05) is 6.42 Å². The lowest BCUT2D eigenvalue weighted by molar-refractivity contribution is 0.0414. The van der Waals surface area contributed by atoms with Gasteiger partial charge in [0.05, 0.1) is 17.3 Å². The van der Waals surface area contributed by atoms with Crippen molar-refractivity contribution in [3.63, 3.8) is 0 Å². The van der Waals surface area contributed by atoms with Crippen LogP contribution in [-0.4, -0.2) is 38.8 Å². The first kappa shape index (κ1) is 29.0. The van der Waals surface area contributed by atoms with Crippen LogP contribution in [0.5, 0.6) is 0 Å². The van der Waals surface area contributed by atoms with Gasteiger partial charge in [-0.05, 0) is 138 Å². The number of aliphatic hydroxyl groups is 3. The van der Waals surface area contributed by atoms with Crippen LogP contribution in [0.15, 0.2) is 35.5 Å². The molecule has 0 aromatic carbocycles. The number of fused-ring (bicyclic) bond motifs is 1. The first-order valence-electron chi connectivity index (χ1n) is 15.0. The van der Waals surface area contributed by atoms with Gasteiger partial charge in [-0.25, -0.2) is 4.39 Å². The highest BCUT2D eigenvalue weighted by Gasteiger charge is 2.65. The Hall–Kier alpha value is -0.970. The molecule has 4 aliphatic rings. The molecule has 0 spiro atoms. The van der Waals surface area contributed by atoms with E-state index < -0.39 is 23.5 Å². The lowest BCUT2D eigenvalue weighted by atomic mass is 9.59. The third-order valence-electron chi connectivity index (χ3n) is 10.7. The van der Waals surface area contributed by atoms with Gasteiger partial charge in [0.1, 0.15) is 6.17 Å². The normalized spacial score (nSPS) is 40.9. The summed E-state index contributed by atoms with van der Waals surface area (Å²) in [5.41, 5.74) is 2.29.